The standard InChI is InChI=1S/C20H24BrNO4/c1-25-15-2-3-17(21)16(7-15)19(24)26-11-18(23)22-20-8-12-4-13(9-20)6-14(5-12)10-20/h2-3,7,12-14H,4-6,8-11H2,1H3,(H,22,23). The van der Waals surface area contributed by atoms with Gasteiger partial charge in [0.2, 0.25) is 0 Å². The predicted octanol–water partition coefficient (Wildman–Crippen LogP) is 3.70. The van der Waals surface area contributed by atoms with Gasteiger partial charge in [0.05, 0.1) is 12.7 Å². The molecule has 4 aliphatic rings. The summed E-state index contributed by atoms with van der Waals surface area (Å²) in [6.45, 7) is -0.246. The van der Waals surface area contributed by atoms with E-state index in [0.717, 1.165) is 37.0 Å². The maximum absolute atomic E-state index is 12.4. The SMILES string of the molecule is COc1ccc(Br)c(C(=O)OCC(=O)NC23CC4CC(CC(C4)C2)C3)c1. The van der Waals surface area contributed by atoms with E-state index in [-0.39, 0.29) is 18.1 Å². The van der Waals surface area contributed by atoms with Crippen LogP contribution in [0, 0.1) is 17.8 Å². The molecule has 5 rings (SSSR count). The van der Waals surface area contributed by atoms with Crippen molar-refractivity contribution in [2.75, 3.05) is 13.7 Å². The van der Waals surface area contributed by atoms with Crippen molar-refractivity contribution in [2.45, 2.75) is 44.1 Å². The van der Waals surface area contributed by atoms with Gasteiger partial charge >= 0.3 is 5.97 Å². The van der Waals surface area contributed by atoms with Crippen LogP contribution in [0.25, 0.3) is 0 Å². The summed E-state index contributed by atoms with van der Waals surface area (Å²) in [5.41, 5.74) is 0.293. The number of hydrogen-bond donors (Lipinski definition) is 1. The minimum atomic E-state index is -0.531. The molecule has 4 fully saturated rings. The van der Waals surface area contributed by atoms with Gasteiger partial charge in [-0.15, -0.1) is 0 Å². The lowest BCUT2D eigenvalue weighted by Crippen LogP contribution is -2.60. The lowest BCUT2D eigenvalue weighted by atomic mass is 9.53. The van der Waals surface area contributed by atoms with E-state index >= 15 is 0 Å². The largest absolute Gasteiger partial charge is 0.497 e. The molecule has 0 aliphatic heterocycles. The zero-order valence-corrected chi connectivity index (χ0v) is 16.5. The molecule has 0 aromatic heterocycles. The number of carbonyl (C=O) groups is 2. The van der Waals surface area contributed by atoms with E-state index in [1.165, 1.54) is 26.4 Å². The summed E-state index contributed by atoms with van der Waals surface area (Å²) in [7, 11) is 1.54. The third-order valence-electron chi connectivity index (χ3n) is 6.17. The number of ether oxygens (including phenoxy) is 2. The number of hydrogen-bond acceptors (Lipinski definition) is 4. The van der Waals surface area contributed by atoms with Crippen molar-refractivity contribution in [3.63, 3.8) is 0 Å². The van der Waals surface area contributed by atoms with E-state index in [9.17, 15) is 9.59 Å². The smallest absolute Gasteiger partial charge is 0.339 e. The molecule has 4 aliphatic carbocycles. The van der Waals surface area contributed by atoms with Gasteiger partial charge in [0.25, 0.3) is 5.91 Å². The fourth-order valence-corrected chi connectivity index (χ4v) is 6.00. The molecule has 0 saturated heterocycles. The van der Waals surface area contributed by atoms with Crippen LogP contribution >= 0.6 is 15.9 Å². The molecule has 4 saturated carbocycles. The molecular formula is C20H24BrNO4. The second-order valence-electron chi connectivity index (χ2n) is 8.17. The van der Waals surface area contributed by atoms with Gasteiger partial charge in [-0.05, 0) is 90.4 Å². The summed E-state index contributed by atoms with van der Waals surface area (Å²) in [6.07, 6.45) is 7.23. The minimum absolute atomic E-state index is 0.0607. The van der Waals surface area contributed by atoms with Gasteiger partial charge in [0, 0.05) is 10.0 Å². The summed E-state index contributed by atoms with van der Waals surface area (Å²) in [5, 5.41) is 3.22. The third-order valence-corrected chi connectivity index (χ3v) is 6.86. The van der Waals surface area contributed by atoms with Crippen molar-refractivity contribution in [1.29, 1.82) is 0 Å². The summed E-state index contributed by atoms with van der Waals surface area (Å²) < 4.78 is 11.0. The van der Waals surface area contributed by atoms with Crippen LogP contribution in [0.5, 0.6) is 5.75 Å². The molecule has 26 heavy (non-hydrogen) atoms. The molecule has 0 unspecified atom stereocenters. The van der Waals surface area contributed by atoms with E-state index in [0.29, 0.717) is 15.8 Å². The number of methoxy groups -OCH3 is 1. The van der Waals surface area contributed by atoms with E-state index in [2.05, 4.69) is 21.2 Å². The van der Waals surface area contributed by atoms with Crippen molar-refractivity contribution >= 4 is 27.8 Å². The molecule has 0 radical (unpaired) electrons. The lowest BCUT2D eigenvalue weighted by molar-refractivity contribution is -0.130. The molecule has 0 spiro atoms. The maximum atomic E-state index is 12.4. The zero-order chi connectivity index (χ0) is 18.3. The summed E-state index contributed by atoms with van der Waals surface area (Å²) in [6, 6.07) is 5.08. The Balaban J connectivity index is 1.35. The Hall–Kier alpha value is -1.56. The maximum Gasteiger partial charge on any atom is 0.339 e. The predicted molar refractivity (Wildman–Crippen MR) is 100 cm³/mol. The molecule has 140 valence electrons. The van der Waals surface area contributed by atoms with Crippen LogP contribution in [0.3, 0.4) is 0 Å². The van der Waals surface area contributed by atoms with Crippen molar-refractivity contribution < 1.29 is 19.1 Å². The molecule has 5 nitrogen and oxygen atoms in total. The van der Waals surface area contributed by atoms with Crippen molar-refractivity contribution in [2.24, 2.45) is 17.8 Å². The topological polar surface area (TPSA) is 64.6 Å². The number of esters is 1. The lowest BCUT2D eigenvalue weighted by Gasteiger charge is -2.56. The van der Waals surface area contributed by atoms with Gasteiger partial charge < -0.3 is 14.8 Å². The first-order valence-corrected chi connectivity index (χ1v) is 10.1. The summed E-state index contributed by atoms with van der Waals surface area (Å²) in [4.78, 5) is 24.8. The highest BCUT2D eigenvalue weighted by Crippen LogP contribution is 2.55. The number of halogens is 1. The number of carbonyl (C=O) groups excluding carboxylic acids is 2. The monoisotopic (exact) mass is 421 g/mol. The Bertz CT molecular complexity index is 697. The van der Waals surface area contributed by atoms with Crippen LogP contribution in [-0.4, -0.2) is 31.1 Å². The van der Waals surface area contributed by atoms with Gasteiger partial charge in [0.15, 0.2) is 6.61 Å². The van der Waals surface area contributed by atoms with Crippen LogP contribution < -0.4 is 10.1 Å². The molecule has 0 heterocycles. The normalized spacial score (nSPS) is 31.5. The number of rotatable bonds is 5. The highest BCUT2D eigenvalue weighted by molar-refractivity contribution is 9.10. The van der Waals surface area contributed by atoms with Crippen molar-refractivity contribution in [3.05, 3.63) is 28.2 Å². The highest BCUT2D eigenvalue weighted by Gasteiger charge is 2.51. The van der Waals surface area contributed by atoms with Gasteiger partial charge in [-0.3, -0.25) is 4.79 Å². The summed E-state index contributed by atoms with van der Waals surface area (Å²) >= 11 is 3.34. The molecule has 6 heteroatoms. The molecule has 0 atom stereocenters. The molecule has 1 aromatic carbocycles. The van der Waals surface area contributed by atoms with E-state index < -0.39 is 5.97 Å². The van der Waals surface area contributed by atoms with Crippen LogP contribution in [0.15, 0.2) is 22.7 Å². The summed E-state index contributed by atoms with van der Waals surface area (Å²) in [5.74, 6) is 2.12. The Morgan fingerprint density at radius 2 is 1.77 bits per heavy atom. The van der Waals surface area contributed by atoms with Crippen LogP contribution in [0.2, 0.25) is 0 Å². The van der Waals surface area contributed by atoms with Crippen LogP contribution in [0.1, 0.15) is 48.9 Å². The molecule has 1 N–H and O–H groups in total. The fraction of sp³-hybridized carbons (Fsp3) is 0.600. The first kappa shape index (κ1) is 17.8. The third kappa shape index (κ3) is 3.48. The Labute approximate surface area is 161 Å². The van der Waals surface area contributed by atoms with E-state index in [1.54, 1.807) is 18.2 Å². The van der Waals surface area contributed by atoms with Gasteiger partial charge in [0.1, 0.15) is 5.75 Å². The quantitative estimate of drug-likeness (QED) is 0.736. The Morgan fingerprint density at radius 1 is 1.15 bits per heavy atom. The highest BCUT2D eigenvalue weighted by atomic mass is 79.9. The minimum Gasteiger partial charge on any atom is -0.497 e. The number of nitrogens with one attached hydrogen (secondary N) is 1. The van der Waals surface area contributed by atoms with Crippen LogP contribution in [0.4, 0.5) is 0 Å². The average molecular weight is 422 g/mol. The number of amides is 1. The number of benzene rings is 1. The van der Waals surface area contributed by atoms with Crippen LogP contribution in [-0.2, 0) is 9.53 Å². The van der Waals surface area contributed by atoms with Crippen molar-refractivity contribution in [3.8, 4) is 5.75 Å². The molecule has 4 bridgehead atoms. The Morgan fingerprint density at radius 3 is 2.35 bits per heavy atom. The van der Waals surface area contributed by atoms with Gasteiger partial charge in [-0.25, -0.2) is 4.79 Å². The average Bonchev–Trinajstić information content (AvgIpc) is 2.58. The second kappa shape index (κ2) is 6.87. The molecule has 1 amide bonds. The van der Waals surface area contributed by atoms with E-state index in [4.69, 9.17) is 9.47 Å². The van der Waals surface area contributed by atoms with Crippen molar-refractivity contribution in [1.82, 2.24) is 5.32 Å². The first-order valence-electron chi connectivity index (χ1n) is 9.28. The molecule has 1 aromatic rings. The van der Waals surface area contributed by atoms with E-state index in [1.807, 2.05) is 0 Å². The first-order chi connectivity index (χ1) is 12.5. The van der Waals surface area contributed by atoms with Gasteiger partial charge in [-0.1, -0.05) is 0 Å². The zero-order valence-electron chi connectivity index (χ0n) is 14.9. The fourth-order valence-electron chi connectivity index (χ4n) is 5.59. The Kier molecular flexibility index (Phi) is 4.71. The van der Waals surface area contributed by atoms with Gasteiger partial charge in [-0.2, -0.15) is 0 Å². The molecular weight excluding hydrogens is 398 g/mol. The second-order valence-corrected chi connectivity index (χ2v) is 9.02.